The maximum Gasteiger partial charge on any atom is 0.158 e. The molecule has 0 amide bonds. The highest BCUT2D eigenvalue weighted by Crippen LogP contribution is 2.20. The summed E-state index contributed by atoms with van der Waals surface area (Å²) < 4.78 is 21.8. The summed E-state index contributed by atoms with van der Waals surface area (Å²) in [6, 6.07) is 0. The summed E-state index contributed by atoms with van der Waals surface area (Å²) in [6.07, 6.45) is 4.23. The summed E-state index contributed by atoms with van der Waals surface area (Å²) in [7, 11) is 0. The van der Waals surface area contributed by atoms with E-state index in [-0.39, 0.29) is 38.0 Å². The van der Waals surface area contributed by atoms with Crippen LogP contribution in [0.5, 0.6) is 0 Å². The molecular formula is C13H24O6. The van der Waals surface area contributed by atoms with Crippen molar-refractivity contribution in [2.24, 2.45) is 0 Å². The number of hydrogen-bond donors (Lipinski definition) is 2. The number of hydrogen-bond acceptors (Lipinski definition) is 6. The Morgan fingerprint density at radius 2 is 1.21 bits per heavy atom. The quantitative estimate of drug-likeness (QED) is 0.625. The zero-order valence-corrected chi connectivity index (χ0v) is 11.2. The summed E-state index contributed by atoms with van der Waals surface area (Å²) in [4.78, 5) is 0. The Labute approximate surface area is 113 Å². The van der Waals surface area contributed by atoms with Gasteiger partial charge in [-0.15, -0.1) is 0 Å². The zero-order chi connectivity index (χ0) is 13.5. The molecule has 4 atom stereocenters. The molecule has 2 saturated heterocycles. The Morgan fingerprint density at radius 3 is 1.58 bits per heavy atom. The molecule has 0 radical (unpaired) electrons. The second-order valence-corrected chi connectivity index (χ2v) is 5.05. The molecular weight excluding hydrogens is 252 g/mol. The molecule has 6 heteroatoms. The van der Waals surface area contributed by atoms with E-state index in [0.717, 1.165) is 32.1 Å². The van der Waals surface area contributed by atoms with Crippen LogP contribution >= 0.6 is 0 Å². The number of aliphatic hydroxyl groups excluding tert-OH is 2. The smallest absolute Gasteiger partial charge is 0.158 e. The number of rotatable bonds is 8. The Hall–Kier alpha value is -0.240. The molecule has 6 nitrogen and oxygen atoms in total. The molecule has 0 saturated carbocycles. The second kappa shape index (κ2) is 8.14. The monoisotopic (exact) mass is 276 g/mol. The summed E-state index contributed by atoms with van der Waals surface area (Å²) in [6.45, 7) is 1.04. The van der Waals surface area contributed by atoms with Gasteiger partial charge in [0.05, 0.1) is 26.4 Å². The van der Waals surface area contributed by atoms with Crippen molar-refractivity contribution in [1.82, 2.24) is 0 Å². The zero-order valence-electron chi connectivity index (χ0n) is 11.2. The van der Waals surface area contributed by atoms with E-state index in [1.165, 1.54) is 0 Å². The van der Waals surface area contributed by atoms with Crippen LogP contribution in [0.25, 0.3) is 0 Å². The third kappa shape index (κ3) is 4.98. The van der Waals surface area contributed by atoms with Gasteiger partial charge in [0.15, 0.2) is 12.6 Å². The lowest BCUT2D eigenvalue weighted by atomic mass is 10.1. The molecule has 0 aliphatic carbocycles. The fraction of sp³-hybridized carbons (Fsp3) is 1.00. The van der Waals surface area contributed by atoms with E-state index in [9.17, 15) is 0 Å². The highest BCUT2D eigenvalue weighted by molar-refractivity contribution is 4.65. The predicted molar refractivity (Wildman–Crippen MR) is 66.5 cm³/mol. The van der Waals surface area contributed by atoms with Gasteiger partial charge in [-0.25, -0.2) is 0 Å². The Balaban J connectivity index is 1.45. The SMILES string of the molecule is OCC1COC(CCCCCC2OCC(CO)O2)O1. The molecule has 0 aromatic rings. The molecule has 2 rings (SSSR count). The summed E-state index contributed by atoms with van der Waals surface area (Å²) in [5.41, 5.74) is 0. The van der Waals surface area contributed by atoms with E-state index >= 15 is 0 Å². The van der Waals surface area contributed by atoms with Gasteiger partial charge in [-0.05, 0) is 25.7 Å². The normalized spacial score (nSPS) is 35.1. The minimum absolute atomic E-state index is 0.0267. The van der Waals surface area contributed by atoms with E-state index in [2.05, 4.69) is 0 Å². The fourth-order valence-corrected chi connectivity index (χ4v) is 2.31. The van der Waals surface area contributed by atoms with Crippen molar-refractivity contribution >= 4 is 0 Å². The third-order valence-corrected chi connectivity index (χ3v) is 3.41. The third-order valence-electron chi connectivity index (χ3n) is 3.41. The van der Waals surface area contributed by atoms with Crippen LogP contribution in [0, 0.1) is 0 Å². The van der Waals surface area contributed by atoms with Gasteiger partial charge in [-0.3, -0.25) is 0 Å². The van der Waals surface area contributed by atoms with Gasteiger partial charge >= 0.3 is 0 Å². The van der Waals surface area contributed by atoms with Gasteiger partial charge in [0, 0.05) is 0 Å². The van der Waals surface area contributed by atoms with Crippen LogP contribution in [0.3, 0.4) is 0 Å². The van der Waals surface area contributed by atoms with Crippen molar-refractivity contribution in [1.29, 1.82) is 0 Å². The first kappa shape index (κ1) is 15.2. The van der Waals surface area contributed by atoms with E-state index < -0.39 is 0 Å². The average molecular weight is 276 g/mol. The van der Waals surface area contributed by atoms with Crippen LogP contribution in [-0.4, -0.2) is 61.4 Å². The first-order chi connectivity index (χ1) is 9.31. The molecule has 0 bridgehead atoms. The Bertz CT molecular complexity index is 225. The number of unbranched alkanes of at least 4 members (excludes halogenated alkanes) is 2. The topological polar surface area (TPSA) is 77.4 Å². The molecule has 4 unspecified atom stereocenters. The van der Waals surface area contributed by atoms with E-state index in [1.807, 2.05) is 0 Å². The predicted octanol–water partition coefficient (Wildman–Crippen LogP) is 0.404. The highest BCUT2D eigenvalue weighted by Gasteiger charge is 2.26. The van der Waals surface area contributed by atoms with Gasteiger partial charge < -0.3 is 29.2 Å². The average Bonchev–Trinajstić information content (AvgIpc) is 3.06. The standard InChI is InChI=1S/C13H24O6/c14-6-10-8-16-12(18-10)4-2-1-3-5-13-17-9-11(7-15)19-13/h10-15H,1-9H2. The van der Waals surface area contributed by atoms with Crippen molar-refractivity contribution in [2.45, 2.75) is 56.9 Å². The van der Waals surface area contributed by atoms with E-state index in [0.29, 0.717) is 13.2 Å². The lowest BCUT2D eigenvalue weighted by Gasteiger charge is -2.11. The maximum atomic E-state index is 8.91. The molecule has 2 aliphatic heterocycles. The highest BCUT2D eigenvalue weighted by atomic mass is 16.7. The largest absolute Gasteiger partial charge is 0.394 e. The molecule has 112 valence electrons. The van der Waals surface area contributed by atoms with Crippen molar-refractivity contribution in [3.05, 3.63) is 0 Å². The van der Waals surface area contributed by atoms with Crippen molar-refractivity contribution in [3.8, 4) is 0 Å². The molecule has 0 spiro atoms. The first-order valence-electron chi connectivity index (χ1n) is 7.07. The second-order valence-electron chi connectivity index (χ2n) is 5.05. The minimum Gasteiger partial charge on any atom is -0.394 e. The van der Waals surface area contributed by atoms with Gasteiger partial charge in [0.25, 0.3) is 0 Å². The summed E-state index contributed by atoms with van der Waals surface area (Å²) in [5.74, 6) is 0. The Kier molecular flexibility index (Phi) is 6.49. The molecule has 2 heterocycles. The maximum absolute atomic E-state index is 8.91. The van der Waals surface area contributed by atoms with Crippen LogP contribution in [0.15, 0.2) is 0 Å². The van der Waals surface area contributed by atoms with Gasteiger partial charge in [-0.2, -0.15) is 0 Å². The fourth-order valence-electron chi connectivity index (χ4n) is 2.31. The van der Waals surface area contributed by atoms with Gasteiger partial charge in [-0.1, -0.05) is 6.42 Å². The lowest BCUT2D eigenvalue weighted by Crippen LogP contribution is -2.16. The summed E-state index contributed by atoms with van der Waals surface area (Å²) in [5, 5.41) is 17.8. The molecule has 0 aromatic heterocycles. The van der Waals surface area contributed by atoms with Crippen LogP contribution in [0.1, 0.15) is 32.1 Å². The lowest BCUT2D eigenvalue weighted by molar-refractivity contribution is -0.0741. The van der Waals surface area contributed by atoms with Crippen LogP contribution in [0.2, 0.25) is 0 Å². The molecule has 2 aliphatic rings. The van der Waals surface area contributed by atoms with Gasteiger partial charge in [0.1, 0.15) is 12.2 Å². The van der Waals surface area contributed by atoms with Crippen LogP contribution in [-0.2, 0) is 18.9 Å². The molecule has 0 aromatic carbocycles. The van der Waals surface area contributed by atoms with E-state index in [4.69, 9.17) is 29.2 Å². The number of aliphatic hydroxyl groups is 2. The van der Waals surface area contributed by atoms with Gasteiger partial charge in [0.2, 0.25) is 0 Å². The van der Waals surface area contributed by atoms with Crippen molar-refractivity contribution in [3.63, 3.8) is 0 Å². The minimum atomic E-state index is -0.158. The molecule has 19 heavy (non-hydrogen) atoms. The van der Waals surface area contributed by atoms with Crippen molar-refractivity contribution in [2.75, 3.05) is 26.4 Å². The molecule has 2 fully saturated rings. The molecule has 2 N–H and O–H groups in total. The van der Waals surface area contributed by atoms with Crippen LogP contribution < -0.4 is 0 Å². The number of ether oxygens (including phenoxy) is 4. The van der Waals surface area contributed by atoms with Crippen molar-refractivity contribution < 1.29 is 29.2 Å². The van der Waals surface area contributed by atoms with E-state index in [1.54, 1.807) is 0 Å². The first-order valence-corrected chi connectivity index (χ1v) is 7.07. The summed E-state index contributed by atoms with van der Waals surface area (Å²) >= 11 is 0. The Morgan fingerprint density at radius 1 is 0.737 bits per heavy atom. The van der Waals surface area contributed by atoms with Crippen LogP contribution in [0.4, 0.5) is 0 Å².